The van der Waals surface area contributed by atoms with E-state index < -0.39 is 86.5 Å². The minimum absolute atomic E-state index is 0.0242. The van der Waals surface area contributed by atoms with Crippen molar-refractivity contribution in [2.45, 2.75) is 73.9 Å². The number of carbonyl (C=O) groups excluding carboxylic acids is 1. The molecule has 11 atom stereocenters. The topological polar surface area (TPSA) is 255 Å². The van der Waals surface area contributed by atoms with E-state index >= 15 is 0 Å². The molecule has 0 amide bonds. The molecule has 3 aliphatic heterocycles. The summed E-state index contributed by atoms with van der Waals surface area (Å²) in [4.78, 5) is 13.1. The van der Waals surface area contributed by atoms with Crippen LogP contribution in [-0.2, 0) is 14.2 Å². The maximum absolute atomic E-state index is 13.1. The van der Waals surface area contributed by atoms with Crippen LogP contribution in [0.15, 0.2) is 30.3 Å². The van der Waals surface area contributed by atoms with E-state index in [-0.39, 0.29) is 40.8 Å². The molecule has 242 valence electrons. The lowest BCUT2D eigenvalue weighted by molar-refractivity contribution is -0.352. The molecular formula is C28H34O16. The quantitative estimate of drug-likeness (QED) is 0.141. The Kier molecular flexibility index (Phi) is 9.47. The number of aromatic hydroxyl groups is 2. The lowest BCUT2D eigenvalue weighted by Gasteiger charge is -2.45. The third-order valence-corrected chi connectivity index (χ3v) is 7.76. The second-order valence-electron chi connectivity index (χ2n) is 10.6. The molecule has 0 radical (unpaired) electrons. The Bertz CT molecular complexity index is 1330. The standard InChI is InChI=1S/C28H34O16/c1-39-16-5-11(6-17-20(16)14(33)7-15(41-17)10-2-3-12(31)13(32)4-10)40-27-25(38)23(36)26(19(9-30)43-27)44-28-24(37)22(35)21(34)18(8-29)42-28/h2-6,15,18-19,21-32,34-38H,7-9H2,1H3. The largest absolute Gasteiger partial charge is 0.504 e. The highest BCUT2D eigenvalue weighted by Gasteiger charge is 2.51. The van der Waals surface area contributed by atoms with Crippen LogP contribution in [0, 0.1) is 0 Å². The summed E-state index contributed by atoms with van der Waals surface area (Å²) < 4.78 is 33.7. The van der Waals surface area contributed by atoms with Gasteiger partial charge >= 0.3 is 0 Å². The summed E-state index contributed by atoms with van der Waals surface area (Å²) in [5, 5.41) is 91.0. The molecule has 2 saturated heterocycles. The second-order valence-corrected chi connectivity index (χ2v) is 10.6. The average Bonchev–Trinajstić information content (AvgIpc) is 3.01. The maximum atomic E-state index is 13.1. The van der Waals surface area contributed by atoms with Crippen molar-refractivity contribution in [1.82, 2.24) is 0 Å². The summed E-state index contributed by atoms with van der Waals surface area (Å²) in [7, 11) is 1.31. The third kappa shape index (κ3) is 6.01. The number of fused-ring (bicyclic) bond motifs is 1. The summed E-state index contributed by atoms with van der Waals surface area (Å²) in [6.45, 7) is -1.49. The number of ketones is 1. The van der Waals surface area contributed by atoms with Gasteiger partial charge in [0.2, 0.25) is 6.29 Å². The van der Waals surface area contributed by atoms with Crippen LogP contribution in [-0.4, -0.2) is 133 Å². The summed E-state index contributed by atoms with van der Waals surface area (Å²) in [6.07, 6.45) is -17.3. The van der Waals surface area contributed by atoms with Gasteiger partial charge in [0.25, 0.3) is 0 Å². The van der Waals surface area contributed by atoms with Crippen molar-refractivity contribution in [3.05, 3.63) is 41.5 Å². The van der Waals surface area contributed by atoms with Gasteiger partial charge in [-0.3, -0.25) is 4.79 Å². The molecule has 9 N–H and O–H groups in total. The summed E-state index contributed by atoms with van der Waals surface area (Å²) in [5.74, 6) is -0.990. The zero-order valence-electron chi connectivity index (χ0n) is 23.2. The fourth-order valence-electron chi connectivity index (χ4n) is 5.34. The molecule has 0 spiro atoms. The summed E-state index contributed by atoms with van der Waals surface area (Å²) >= 11 is 0. The van der Waals surface area contributed by atoms with Crippen LogP contribution >= 0.6 is 0 Å². The van der Waals surface area contributed by atoms with Gasteiger partial charge in [-0.2, -0.15) is 0 Å². The summed E-state index contributed by atoms with van der Waals surface area (Å²) in [5.41, 5.74) is 0.528. The number of Topliss-reactive ketones (excluding diaryl/α,β-unsaturated/α-hetero) is 1. The number of aliphatic hydroxyl groups is 7. The highest BCUT2D eigenvalue weighted by Crippen LogP contribution is 2.44. The van der Waals surface area contributed by atoms with Gasteiger partial charge in [0.15, 0.2) is 23.6 Å². The second kappa shape index (κ2) is 13.0. The molecule has 5 rings (SSSR count). The molecule has 0 aliphatic carbocycles. The third-order valence-electron chi connectivity index (χ3n) is 7.76. The fourth-order valence-corrected chi connectivity index (χ4v) is 5.34. The zero-order chi connectivity index (χ0) is 31.9. The van der Waals surface area contributed by atoms with Crippen molar-refractivity contribution in [2.24, 2.45) is 0 Å². The molecule has 16 heteroatoms. The van der Waals surface area contributed by atoms with E-state index in [2.05, 4.69) is 0 Å². The van der Waals surface area contributed by atoms with Gasteiger partial charge in [-0.1, -0.05) is 6.07 Å². The predicted molar refractivity (Wildman–Crippen MR) is 142 cm³/mol. The lowest BCUT2D eigenvalue weighted by atomic mass is 9.95. The normalized spacial score (nSPS) is 35.5. The van der Waals surface area contributed by atoms with Crippen LogP contribution in [0.1, 0.15) is 28.4 Å². The number of carbonyl (C=O) groups is 1. The van der Waals surface area contributed by atoms with Crippen molar-refractivity contribution in [3.8, 4) is 28.7 Å². The Morgan fingerprint density at radius 3 is 2.16 bits per heavy atom. The molecule has 0 aromatic heterocycles. The van der Waals surface area contributed by atoms with Crippen molar-refractivity contribution in [1.29, 1.82) is 0 Å². The van der Waals surface area contributed by atoms with E-state index in [0.717, 1.165) is 0 Å². The molecule has 2 aromatic carbocycles. The van der Waals surface area contributed by atoms with E-state index in [9.17, 15) is 50.8 Å². The lowest BCUT2D eigenvalue weighted by Crippen LogP contribution is -2.65. The molecule has 3 aliphatic rings. The van der Waals surface area contributed by atoms with Gasteiger partial charge in [-0.15, -0.1) is 0 Å². The first kappa shape index (κ1) is 32.1. The number of phenols is 2. The van der Waals surface area contributed by atoms with Crippen molar-refractivity contribution < 1.29 is 79.2 Å². The number of ether oxygens (including phenoxy) is 6. The monoisotopic (exact) mass is 626 g/mol. The van der Waals surface area contributed by atoms with Crippen LogP contribution in [0.3, 0.4) is 0 Å². The molecule has 11 unspecified atom stereocenters. The molecule has 2 fully saturated rings. The Morgan fingerprint density at radius 2 is 1.50 bits per heavy atom. The Labute approximate surface area is 249 Å². The van der Waals surface area contributed by atoms with Crippen LogP contribution in [0.5, 0.6) is 28.7 Å². The van der Waals surface area contributed by atoms with Gasteiger partial charge in [-0.25, -0.2) is 0 Å². The van der Waals surface area contributed by atoms with Crippen molar-refractivity contribution >= 4 is 5.78 Å². The first-order valence-electron chi connectivity index (χ1n) is 13.7. The van der Waals surface area contributed by atoms with E-state index in [1.54, 1.807) is 0 Å². The number of methoxy groups -OCH3 is 1. The Balaban J connectivity index is 1.34. The van der Waals surface area contributed by atoms with Gasteiger partial charge in [0, 0.05) is 12.1 Å². The Morgan fingerprint density at radius 1 is 0.818 bits per heavy atom. The van der Waals surface area contributed by atoms with Crippen LogP contribution in [0.4, 0.5) is 0 Å². The van der Waals surface area contributed by atoms with Crippen LogP contribution in [0.2, 0.25) is 0 Å². The van der Waals surface area contributed by atoms with Gasteiger partial charge in [-0.05, 0) is 17.7 Å². The number of hydrogen-bond donors (Lipinski definition) is 9. The molecule has 0 bridgehead atoms. The van der Waals surface area contributed by atoms with E-state index in [1.165, 1.54) is 37.4 Å². The van der Waals surface area contributed by atoms with E-state index in [0.29, 0.717) is 5.56 Å². The number of benzene rings is 2. The first-order valence-corrected chi connectivity index (χ1v) is 13.7. The van der Waals surface area contributed by atoms with Gasteiger partial charge < -0.3 is 74.4 Å². The van der Waals surface area contributed by atoms with Crippen molar-refractivity contribution in [2.75, 3.05) is 20.3 Å². The predicted octanol–water partition coefficient (Wildman–Crippen LogP) is -2.18. The highest BCUT2D eigenvalue weighted by molar-refractivity contribution is 6.02. The fraction of sp³-hybridized carbons (Fsp3) is 0.536. The molecule has 44 heavy (non-hydrogen) atoms. The van der Waals surface area contributed by atoms with Crippen LogP contribution < -0.4 is 14.2 Å². The number of hydrogen-bond acceptors (Lipinski definition) is 16. The van der Waals surface area contributed by atoms with Gasteiger partial charge in [0.1, 0.15) is 77.7 Å². The molecule has 16 nitrogen and oxygen atoms in total. The van der Waals surface area contributed by atoms with E-state index in [1.807, 2.05) is 0 Å². The molecule has 3 heterocycles. The minimum atomic E-state index is -1.81. The van der Waals surface area contributed by atoms with E-state index in [4.69, 9.17) is 28.4 Å². The minimum Gasteiger partial charge on any atom is -0.504 e. The summed E-state index contributed by atoms with van der Waals surface area (Å²) in [6, 6.07) is 6.67. The highest BCUT2D eigenvalue weighted by atomic mass is 16.7. The molecule has 0 saturated carbocycles. The van der Waals surface area contributed by atoms with Crippen molar-refractivity contribution in [3.63, 3.8) is 0 Å². The zero-order valence-corrected chi connectivity index (χ0v) is 23.2. The smallest absolute Gasteiger partial charge is 0.229 e. The number of phenolic OH excluding ortho intramolecular Hbond substituents is 2. The van der Waals surface area contributed by atoms with Crippen LogP contribution in [0.25, 0.3) is 0 Å². The number of aliphatic hydroxyl groups excluding tert-OH is 7. The maximum Gasteiger partial charge on any atom is 0.229 e. The first-order chi connectivity index (χ1) is 21.0. The van der Waals surface area contributed by atoms with Gasteiger partial charge in [0.05, 0.1) is 26.7 Å². The Hall–Kier alpha value is -3.29. The molecule has 2 aromatic rings. The number of rotatable bonds is 8. The SMILES string of the molecule is COc1cc(OC2OC(CO)C(OC3OC(CO)C(O)C(O)C3O)C(O)C2O)cc2c1C(=O)CC(c1ccc(O)c(O)c1)O2. The molecular weight excluding hydrogens is 592 g/mol. The average molecular weight is 627 g/mol.